The SMILES string of the molecule is O=C1Nc2ccc(OC(F)(F)F)cc2C1(O)c1cccc2c1OCO2. The molecule has 9 heteroatoms. The third-order valence-corrected chi connectivity index (χ3v) is 3.98. The third-order valence-electron chi connectivity index (χ3n) is 3.98. The normalized spacial score (nSPS) is 21.0. The number of aliphatic hydroxyl groups is 1. The van der Waals surface area contributed by atoms with Crippen molar-refractivity contribution in [2.24, 2.45) is 0 Å². The van der Waals surface area contributed by atoms with Gasteiger partial charge in [0.05, 0.1) is 0 Å². The number of ether oxygens (including phenoxy) is 3. The summed E-state index contributed by atoms with van der Waals surface area (Å²) in [4.78, 5) is 12.4. The van der Waals surface area contributed by atoms with E-state index in [4.69, 9.17) is 9.47 Å². The first-order valence-electron chi connectivity index (χ1n) is 7.12. The monoisotopic (exact) mass is 353 g/mol. The Hall–Kier alpha value is -2.94. The van der Waals surface area contributed by atoms with Crippen molar-refractivity contribution in [3.63, 3.8) is 0 Å². The number of hydrogen-bond acceptors (Lipinski definition) is 5. The topological polar surface area (TPSA) is 77.0 Å². The van der Waals surface area contributed by atoms with Gasteiger partial charge in [-0.15, -0.1) is 13.2 Å². The highest BCUT2D eigenvalue weighted by Gasteiger charge is 2.50. The molecule has 130 valence electrons. The Morgan fingerprint density at radius 3 is 2.72 bits per heavy atom. The minimum Gasteiger partial charge on any atom is -0.454 e. The van der Waals surface area contributed by atoms with Crippen molar-refractivity contribution < 1.29 is 37.3 Å². The van der Waals surface area contributed by atoms with Crippen LogP contribution in [0, 0.1) is 0 Å². The lowest BCUT2D eigenvalue weighted by Crippen LogP contribution is -2.35. The zero-order chi connectivity index (χ0) is 17.8. The highest BCUT2D eigenvalue weighted by Crippen LogP contribution is 2.49. The molecule has 0 aliphatic carbocycles. The molecule has 1 amide bonds. The molecule has 1 unspecified atom stereocenters. The van der Waals surface area contributed by atoms with Crippen LogP contribution in [0.4, 0.5) is 18.9 Å². The van der Waals surface area contributed by atoms with Crippen LogP contribution in [0.3, 0.4) is 0 Å². The first-order chi connectivity index (χ1) is 11.8. The van der Waals surface area contributed by atoms with Crippen LogP contribution < -0.4 is 19.5 Å². The number of hydrogen-bond donors (Lipinski definition) is 2. The largest absolute Gasteiger partial charge is 0.573 e. The second-order valence-electron chi connectivity index (χ2n) is 5.46. The van der Waals surface area contributed by atoms with Crippen LogP contribution in [0.5, 0.6) is 17.2 Å². The fourth-order valence-corrected chi connectivity index (χ4v) is 2.95. The lowest BCUT2D eigenvalue weighted by Gasteiger charge is -2.23. The molecule has 0 aromatic heterocycles. The van der Waals surface area contributed by atoms with Gasteiger partial charge in [0, 0.05) is 16.8 Å². The summed E-state index contributed by atoms with van der Waals surface area (Å²) in [7, 11) is 0. The van der Waals surface area contributed by atoms with E-state index in [1.165, 1.54) is 12.1 Å². The first-order valence-corrected chi connectivity index (χ1v) is 7.12. The minimum absolute atomic E-state index is 0.0665. The summed E-state index contributed by atoms with van der Waals surface area (Å²) < 4.78 is 51.8. The van der Waals surface area contributed by atoms with Crippen molar-refractivity contribution in [3.8, 4) is 17.2 Å². The van der Waals surface area contributed by atoms with E-state index in [-0.39, 0.29) is 29.4 Å². The van der Waals surface area contributed by atoms with Crippen LogP contribution in [-0.2, 0) is 10.4 Å². The molecular weight excluding hydrogens is 343 g/mol. The van der Waals surface area contributed by atoms with Gasteiger partial charge in [-0.2, -0.15) is 0 Å². The summed E-state index contributed by atoms with van der Waals surface area (Å²) >= 11 is 0. The summed E-state index contributed by atoms with van der Waals surface area (Å²) in [6, 6.07) is 7.82. The standard InChI is InChI=1S/C16H10F3NO5/c17-16(18,19)25-8-4-5-11-10(6-8)15(22,14(21)20-11)9-2-1-3-12-13(9)24-7-23-12/h1-6,22H,7H2,(H,20,21). The summed E-state index contributed by atoms with van der Waals surface area (Å²) in [5.74, 6) is -0.869. The van der Waals surface area contributed by atoms with Crippen LogP contribution >= 0.6 is 0 Å². The number of benzene rings is 2. The van der Waals surface area contributed by atoms with Crippen molar-refractivity contribution in [1.82, 2.24) is 0 Å². The van der Waals surface area contributed by atoms with Crippen LogP contribution in [-0.4, -0.2) is 24.2 Å². The number of halogens is 3. The molecule has 0 saturated heterocycles. The highest BCUT2D eigenvalue weighted by atomic mass is 19.4. The van der Waals surface area contributed by atoms with Gasteiger partial charge < -0.3 is 24.6 Å². The van der Waals surface area contributed by atoms with E-state index < -0.39 is 23.6 Å². The van der Waals surface area contributed by atoms with Crippen molar-refractivity contribution in [2.75, 3.05) is 12.1 Å². The van der Waals surface area contributed by atoms with Gasteiger partial charge in [0.2, 0.25) is 6.79 Å². The van der Waals surface area contributed by atoms with E-state index in [9.17, 15) is 23.1 Å². The van der Waals surface area contributed by atoms with E-state index in [0.717, 1.165) is 12.1 Å². The number of carbonyl (C=O) groups is 1. The maximum atomic E-state index is 12.5. The van der Waals surface area contributed by atoms with E-state index in [1.54, 1.807) is 12.1 Å². The second-order valence-corrected chi connectivity index (χ2v) is 5.46. The number of carbonyl (C=O) groups excluding carboxylic acids is 1. The lowest BCUT2D eigenvalue weighted by atomic mass is 9.86. The summed E-state index contributed by atoms with van der Waals surface area (Å²) in [6.07, 6.45) is -4.90. The zero-order valence-corrected chi connectivity index (χ0v) is 12.4. The van der Waals surface area contributed by atoms with Crippen molar-refractivity contribution in [2.45, 2.75) is 12.0 Å². The molecule has 0 fully saturated rings. The maximum Gasteiger partial charge on any atom is 0.573 e. The van der Waals surface area contributed by atoms with Crippen LogP contribution in [0.15, 0.2) is 36.4 Å². The van der Waals surface area contributed by atoms with Gasteiger partial charge in [0.1, 0.15) is 5.75 Å². The van der Waals surface area contributed by atoms with Gasteiger partial charge in [0.25, 0.3) is 5.91 Å². The number of para-hydroxylation sites is 1. The molecule has 1 atom stereocenters. The van der Waals surface area contributed by atoms with Crippen molar-refractivity contribution in [3.05, 3.63) is 47.5 Å². The molecule has 2 heterocycles. The number of fused-ring (bicyclic) bond motifs is 2. The molecule has 2 N–H and O–H groups in total. The van der Waals surface area contributed by atoms with Crippen LogP contribution in [0.1, 0.15) is 11.1 Å². The smallest absolute Gasteiger partial charge is 0.454 e. The Morgan fingerprint density at radius 2 is 1.96 bits per heavy atom. The van der Waals surface area contributed by atoms with Gasteiger partial charge in [0.15, 0.2) is 17.1 Å². The molecule has 2 aromatic rings. The zero-order valence-electron chi connectivity index (χ0n) is 12.4. The lowest BCUT2D eigenvalue weighted by molar-refractivity contribution is -0.274. The predicted octanol–water partition coefficient (Wildman–Crippen LogP) is 2.50. The van der Waals surface area contributed by atoms with E-state index in [0.29, 0.717) is 5.75 Å². The molecule has 25 heavy (non-hydrogen) atoms. The van der Waals surface area contributed by atoms with E-state index in [2.05, 4.69) is 10.1 Å². The quantitative estimate of drug-likeness (QED) is 0.868. The average Bonchev–Trinajstić information content (AvgIpc) is 3.10. The third kappa shape index (κ3) is 2.35. The molecule has 0 saturated carbocycles. The van der Waals surface area contributed by atoms with Gasteiger partial charge in [-0.1, -0.05) is 12.1 Å². The number of nitrogens with one attached hydrogen (secondary N) is 1. The Kier molecular flexibility index (Phi) is 3.13. The average molecular weight is 353 g/mol. The summed E-state index contributed by atoms with van der Waals surface area (Å²) in [6.45, 7) is -0.0892. The van der Waals surface area contributed by atoms with Crippen molar-refractivity contribution in [1.29, 1.82) is 0 Å². The number of rotatable bonds is 2. The predicted molar refractivity (Wildman–Crippen MR) is 77.3 cm³/mol. The fraction of sp³-hybridized carbons (Fsp3) is 0.188. The Labute approximate surface area is 138 Å². The molecule has 4 rings (SSSR count). The number of anilines is 1. The number of alkyl halides is 3. The molecular formula is C16H10F3NO5. The molecule has 2 aliphatic rings. The maximum absolute atomic E-state index is 12.5. The molecule has 0 radical (unpaired) electrons. The van der Waals surface area contributed by atoms with E-state index in [1.807, 2.05) is 0 Å². The molecule has 0 bridgehead atoms. The fourth-order valence-electron chi connectivity index (χ4n) is 2.95. The molecule has 0 spiro atoms. The molecule has 2 aromatic carbocycles. The number of amides is 1. The second kappa shape index (κ2) is 5.03. The molecule has 2 aliphatic heterocycles. The van der Waals surface area contributed by atoms with E-state index >= 15 is 0 Å². The Bertz CT molecular complexity index is 883. The van der Waals surface area contributed by atoms with Crippen LogP contribution in [0.25, 0.3) is 0 Å². The van der Waals surface area contributed by atoms with Gasteiger partial charge >= 0.3 is 6.36 Å². The first kappa shape index (κ1) is 15.6. The Balaban J connectivity index is 1.86. The van der Waals surface area contributed by atoms with Gasteiger partial charge in [-0.05, 0) is 24.3 Å². The van der Waals surface area contributed by atoms with Gasteiger partial charge in [-0.25, -0.2) is 0 Å². The van der Waals surface area contributed by atoms with Crippen LogP contribution in [0.2, 0.25) is 0 Å². The summed E-state index contributed by atoms with van der Waals surface area (Å²) in [5, 5.41) is 13.5. The van der Waals surface area contributed by atoms with Crippen molar-refractivity contribution >= 4 is 11.6 Å². The highest BCUT2D eigenvalue weighted by molar-refractivity contribution is 6.08. The molecule has 6 nitrogen and oxygen atoms in total. The minimum atomic E-state index is -4.90. The summed E-state index contributed by atoms with van der Waals surface area (Å²) in [5.41, 5.74) is -2.05. The Morgan fingerprint density at radius 1 is 1.16 bits per heavy atom. The van der Waals surface area contributed by atoms with Gasteiger partial charge in [-0.3, -0.25) is 4.79 Å².